The topological polar surface area (TPSA) is 43.1 Å². The van der Waals surface area contributed by atoms with E-state index in [1.54, 1.807) is 0 Å². The molecule has 0 saturated carbocycles. The standard InChI is InChI=1S/C8H19NOS2/c1-3-11-4-5-12(10)7-8(2)6-9/h8H,3-7,9H2,1-2H3. The summed E-state index contributed by atoms with van der Waals surface area (Å²) in [4.78, 5) is 0. The van der Waals surface area contributed by atoms with Gasteiger partial charge in [0.2, 0.25) is 0 Å². The summed E-state index contributed by atoms with van der Waals surface area (Å²) in [7, 11) is -0.652. The number of rotatable bonds is 7. The van der Waals surface area contributed by atoms with Crippen LogP contribution in [0.15, 0.2) is 0 Å². The van der Waals surface area contributed by atoms with Crippen LogP contribution in [0.25, 0.3) is 0 Å². The zero-order valence-corrected chi connectivity index (χ0v) is 9.55. The molecule has 0 rings (SSSR count). The van der Waals surface area contributed by atoms with Crippen molar-refractivity contribution in [3.8, 4) is 0 Å². The highest BCUT2D eigenvalue weighted by Crippen LogP contribution is 2.01. The zero-order valence-electron chi connectivity index (χ0n) is 7.91. The third kappa shape index (κ3) is 7.13. The van der Waals surface area contributed by atoms with Crippen LogP contribution >= 0.6 is 11.8 Å². The number of nitrogens with two attached hydrogens (primary N) is 1. The summed E-state index contributed by atoms with van der Waals surface area (Å²) in [5, 5.41) is 0. The van der Waals surface area contributed by atoms with Crippen molar-refractivity contribution >= 4 is 22.6 Å². The normalized spacial score (nSPS) is 15.9. The summed E-state index contributed by atoms with van der Waals surface area (Å²) in [6.45, 7) is 4.81. The van der Waals surface area contributed by atoms with E-state index in [0.717, 1.165) is 23.0 Å². The van der Waals surface area contributed by atoms with Gasteiger partial charge in [-0.15, -0.1) is 0 Å². The molecule has 0 aromatic rings. The van der Waals surface area contributed by atoms with Gasteiger partial charge >= 0.3 is 0 Å². The lowest BCUT2D eigenvalue weighted by Crippen LogP contribution is -2.19. The minimum atomic E-state index is -0.652. The Morgan fingerprint density at radius 3 is 2.75 bits per heavy atom. The quantitative estimate of drug-likeness (QED) is 0.638. The molecule has 2 atom stereocenters. The van der Waals surface area contributed by atoms with Crippen LogP contribution in [-0.2, 0) is 10.8 Å². The van der Waals surface area contributed by atoms with Gasteiger partial charge in [-0.25, -0.2) is 0 Å². The van der Waals surface area contributed by atoms with Crippen LogP contribution in [0, 0.1) is 5.92 Å². The van der Waals surface area contributed by atoms with E-state index in [9.17, 15) is 4.21 Å². The Kier molecular flexibility index (Phi) is 8.39. The van der Waals surface area contributed by atoms with Crippen molar-refractivity contribution in [2.45, 2.75) is 13.8 Å². The first kappa shape index (κ1) is 12.5. The lowest BCUT2D eigenvalue weighted by atomic mass is 10.2. The highest BCUT2D eigenvalue weighted by molar-refractivity contribution is 8.00. The predicted octanol–water partition coefficient (Wildman–Crippen LogP) is 1.08. The third-order valence-electron chi connectivity index (χ3n) is 1.53. The average molecular weight is 209 g/mol. The molecule has 74 valence electrons. The Morgan fingerprint density at radius 1 is 1.58 bits per heavy atom. The van der Waals surface area contributed by atoms with Gasteiger partial charge in [0.25, 0.3) is 0 Å². The van der Waals surface area contributed by atoms with Crippen molar-refractivity contribution < 1.29 is 4.21 Å². The summed E-state index contributed by atoms with van der Waals surface area (Å²) in [6, 6.07) is 0. The molecule has 0 heterocycles. The monoisotopic (exact) mass is 209 g/mol. The van der Waals surface area contributed by atoms with Gasteiger partial charge in [0.15, 0.2) is 0 Å². The van der Waals surface area contributed by atoms with Gasteiger partial charge in [-0.2, -0.15) is 11.8 Å². The van der Waals surface area contributed by atoms with Crippen molar-refractivity contribution in [3.63, 3.8) is 0 Å². The van der Waals surface area contributed by atoms with E-state index in [0.29, 0.717) is 12.5 Å². The first-order chi connectivity index (χ1) is 5.70. The minimum Gasteiger partial charge on any atom is -0.330 e. The van der Waals surface area contributed by atoms with Gasteiger partial charge in [-0.05, 0) is 18.2 Å². The molecular formula is C8H19NOS2. The van der Waals surface area contributed by atoms with Gasteiger partial charge < -0.3 is 5.73 Å². The van der Waals surface area contributed by atoms with Crippen molar-refractivity contribution in [3.05, 3.63) is 0 Å². The fourth-order valence-corrected chi connectivity index (χ4v) is 3.21. The van der Waals surface area contributed by atoms with Crippen LogP contribution in [0.3, 0.4) is 0 Å². The second-order valence-corrected chi connectivity index (χ2v) is 5.86. The molecule has 0 radical (unpaired) electrons. The first-order valence-electron chi connectivity index (χ1n) is 4.33. The molecule has 0 fully saturated rings. The molecule has 0 aromatic carbocycles. The van der Waals surface area contributed by atoms with Crippen molar-refractivity contribution in [1.82, 2.24) is 0 Å². The van der Waals surface area contributed by atoms with Gasteiger partial charge in [0, 0.05) is 28.1 Å². The fourth-order valence-electron chi connectivity index (χ4n) is 0.765. The lowest BCUT2D eigenvalue weighted by molar-refractivity contribution is 0.641. The van der Waals surface area contributed by atoms with Gasteiger partial charge in [0.1, 0.15) is 0 Å². The first-order valence-corrected chi connectivity index (χ1v) is 6.97. The molecule has 0 spiro atoms. The maximum atomic E-state index is 11.3. The van der Waals surface area contributed by atoms with E-state index < -0.39 is 10.8 Å². The highest BCUT2D eigenvalue weighted by atomic mass is 32.2. The molecule has 0 amide bonds. The van der Waals surface area contributed by atoms with E-state index in [4.69, 9.17) is 5.73 Å². The average Bonchev–Trinajstić information content (AvgIpc) is 2.05. The van der Waals surface area contributed by atoms with Crippen LogP contribution in [0.2, 0.25) is 0 Å². The summed E-state index contributed by atoms with van der Waals surface area (Å²) >= 11 is 1.85. The Hall–Kier alpha value is 0.460. The Labute approximate surface area is 82.1 Å². The molecule has 0 saturated heterocycles. The molecule has 2 N–H and O–H groups in total. The van der Waals surface area contributed by atoms with E-state index in [1.807, 2.05) is 18.7 Å². The lowest BCUT2D eigenvalue weighted by Gasteiger charge is -2.07. The number of hydrogen-bond donors (Lipinski definition) is 1. The predicted molar refractivity (Wildman–Crippen MR) is 59.1 cm³/mol. The van der Waals surface area contributed by atoms with Gasteiger partial charge in [0.05, 0.1) is 0 Å². The van der Waals surface area contributed by atoms with E-state index in [2.05, 4.69) is 6.92 Å². The summed E-state index contributed by atoms with van der Waals surface area (Å²) in [6.07, 6.45) is 0. The smallest absolute Gasteiger partial charge is 0.0325 e. The maximum Gasteiger partial charge on any atom is 0.0325 e. The van der Waals surface area contributed by atoms with Crippen LogP contribution in [0.1, 0.15) is 13.8 Å². The largest absolute Gasteiger partial charge is 0.330 e. The van der Waals surface area contributed by atoms with E-state index in [-0.39, 0.29) is 0 Å². The molecule has 0 bridgehead atoms. The van der Waals surface area contributed by atoms with Crippen LogP contribution < -0.4 is 5.73 Å². The van der Waals surface area contributed by atoms with Gasteiger partial charge in [-0.3, -0.25) is 4.21 Å². The summed E-state index contributed by atoms with van der Waals surface area (Å²) in [5.41, 5.74) is 5.44. The molecule has 0 aliphatic heterocycles. The third-order valence-corrected chi connectivity index (χ3v) is 4.29. The second-order valence-electron chi connectivity index (χ2n) is 2.85. The van der Waals surface area contributed by atoms with Crippen molar-refractivity contribution in [2.75, 3.05) is 29.6 Å². The second kappa shape index (κ2) is 8.08. The van der Waals surface area contributed by atoms with Crippen molar-refractivity contribution in [2.24, 2.45) is 11.7 Å². The van der Waals surface area contributed by atoms with Crippen LogP contribution in [-0.4, -0.2) is 33.8 Å². The van der Waals surface area contributed by atoms with E-state index in [1.165, 1.54) is 0 Å². The maximum absolute atomic E-state index is 11.3. The minimum absolute atomic E-state index is 0.400. The molecule has 12 heavy (non-hydrogen) atoms. The highest BCUT2D eigenvalue weighted by Gasteiger charge is 2.05. The number of thioether (sulfide) groups is 1. The Morgan fingerprint density at radius 2 is 2.25 bits per heavy atom. The molecule has 4 heteroatoms. The summed E-state index contributed by atoms with van der Waals surface area (Å²) < 4.78 is 11.3. The Bertz CT molecular complexity index is 130. The number of hydrogen-bond acceptors (Lipinski definition) is 3. The molecule has 0 aromatic heterocycles. The van der Waals surface area contributed by atoms with Crippen LogP contribution in [0.4, 0.5) is 0 Å². The van der Waals surface area contributed by atoms with Gasteiger partial charge in [-0.1, -0.05) is 13.8 Å². The molecule has 0 aliphatic carbocycles. The fraction of sp³-hybridized carbons (Fsp3) is 1.00. The molecular weight excluding hydrogens is 190 g/mol. The summed E-state index contributed by atoms with van der Waals surface area (Å²) in [5.74, 6) is 4.12. The SMILES string of the molecule is CCSCCS(=O)CC(C)CN. The van der Waals surface area contributed by atoms with Crippen LogP contribution in [0.5, 0.6) is 0 Å². The molecule has 2 nitrogen and oxygen atoms in total. The van der Waals surface area contributed by atoms with E-state index >= 15 is 0 Å². The Balaban J connectivity index is 3.33. The molecule has 2 unspecified atom stereocenters. The van der Waals surface area contributed by atoms with Crippen molar-refractivity contribution in [1.29, 1.82) is 0 Å². The molecule has 0 aliphatic rings. The zero-order chi connectivity index (χ0) is 9.40.